The highest BCUT2D eigenvalue weighted by Crippen LogP contribution is 2.20. The molecule has 4 amide bonds. The quantitative estimate of drug-likeness (QED) is 0.0291. The number of urea groups is 1. The normalized spacial score (nSPS) is 11.2. The summed E-state index contributed by atoms with van der Waals surface area (Å²) in [4.78, 5) is 72.2. The fraction of sp³-hybridized carbons (Fsp3) is 0.400. The molecule has 24 heteroatoms. The van der Waals surface area contributed by atoms with Crippen molar-refractivity contribution >= 4 is 55.4 Å². The van der Waals surface area contributed by atoms with Crippen LogP contribution in [0, 0.1) is 0 Å². The predicted octanol–water partition coefficient (Wildman–Crippen LogP) is 3.54. The number of nitrogens with one attached hydrogen (secondary N) is 4. The number of Topliss-reactive ketones (excluding diaryl/α,β-unsaturated/α-hetero) is 1. The Hall–Kier alpha value is -6.96. The molecule has 4 N–H and O–H groups in total. The number of hydrogen-bond donors (Lipinski definition) is 4. The number of sulfone groups is 1. The van der Waals surface area contributed by atoms with Crippen molar-refractivity contribution in [2.24, 2.45) is 0 Å². The minimum absolute atomic E-state index is 0.0328. The Labute approximate surface area is 430 Å². The minimum atomic E-state index is -4.17. The summed E-state index contributed by atoms with van der Waals surface area (Å²) in [5.41, 5.74) is 0.657. The summed E-state index contributed by atoms with van der Waals surface area (Å²) >= 11 is 0. The van der Waals surface area contributed by atoms with Gasteiger partial charge in [0.1, 0.15) is 30.5 Å². The van der Waals surface area contributed by atoms with Crippen LogP contribution in [-0.2, 0) is 53.1 Å². The van der Waals surface area contributed by atoms with Gasteiger partial charge in [-0.3, -0.25) is 14.4 Å². The van der Waals surface area contributed by atoms with E-state index in [0.29, 0.717) is 76.6 Å². The summed E-state index contributed by atoms with van der Waals surface area (Å²) in [6, 6.07) is 21.7. The fourth-order valence-electron chi connectivity index (χ4n) is 6.31. The zero-order valence-corrected chi connectivity index (χ0v) is 42.8. The first kappa shape index (κ1) is 59.6. The van der Waals surface area contributed by atoms with Crippen molar-refractivity contribution in [1.29, 1.82) is 0 Å². The van der Waals surface area contributed by atoms with Crippen LogP contribution in [0.1, 0.15) is 67.1 Å². The zero-order valence-electron chi connectivity index (χ0n) is 41.1. The zero-order chi connectivity index (χ0) is 53.6. The molecule has 4 aromatic rings. The average molecular weight is 1070 g/mol. The first-order valence-electron chi connectivity index (χ1n) is 23.4. The molecule has 0 saturated heterocycles. The number of methoxy groups -OCH3 is 2. The number of sulfonamides is 1. The van der Waals surface area contributed by atoms with Crippen molar-refractivity contribution in [2.75, 3.05) is 106 Å². The van der Waals surface area contributed by atoms with E-state index in [4.69, 9.17) is 28.4 Å². The Bertz CT molecular complexity index is 2450. The van der Waals surface area contributed by atoms with Crippen LogP contribution in [-0.4, -0.2) is 158 Å². The molecule has 0 heterocycles. The number of esters is 2. The van der Waals surface area contributed by atoms with Crippen LogP contribution in [0.5, 0.6) is 11.5 Å². The Morgan fingerprint density at radius 1 is 0.446 bits per heavy atom. The number of rotatable bonds is 35. The molecule has 0 saturated carbocycles. The lowest BCUT2D eigenvalue weighted by atomic mass is 10.1. The van der Waals surface area contributed by atoms with Crippen LogP contribution in [0.25, 0.3) is 0 Å². The number of unbranched alkanes of at least 4 members (excludes halogenated alkanes) is 1. The van der Waals surface area contributed by atoms with E-state index in [0.717, 1.165) is 0 Å². The molecular formula is C50H62N4O18S2. The van der Waals surface area contributed by atoms with Gasteiger partial charge in [-0.25, -0.2) is 35.9 Å². The molecule has 74 heavy (non-hydrogen) atoms. The second-order valence-electron chi connectivity index (χ2n) is 15.7. The van der Waals surface area contributed by atoms with E-state index in [2.05, 4.69) is 25.4 Å². The van der Waals surface area contributed by atoms with Crippen molar-refractivity contribution in [1.82, 2.24) is 20.7 Å². The third-order valence-corrected chi connectivity index (χ3v) is 13.2. The van der Waals surface area contributed by atoms with E-state index >= 15 is 0 Å². The van der Waals surface area contributed by atoms with E-state index in [-0.39, 0.29) is 90.2 Å². The van der Waals surface area contributed by atoms with E-state index in [1.54, 1.807) is 0 Å². The molecule has 22 nitrogen and oxygen atoms in total. The van der Waals surface area contributed by atoms with Gasteiger partial charge in [-0.15, -0.1) is 0 Å². The maximum absolute atomic E-state index is 12.8. The van der Waals surface area contributed by atoms with Gasteiger partial charge >= 0.3 is 18.0 Å². The number of carbonyl (C=O) groups excluding carboxylic acids is 6. The van der Waals surface area contributed by atoms with Crippen molar-refractivity contribution in [3.05, 3.63) is 119 Å². The van der Waals surface area contributed by atoms with E-state index in [9.17, 15) is 45.6 Å². The van der Waals surface area contributed by atoms with Gasteiger partial charge in [0, 0.05) is 43.8 Å². The van der Waals surface area contributed by atoms with Crippen molar-refractivity contribution in [3.63, 3.8) is 0 Å². The number of amides is 4. The Morgan fingerprint density at radius 2 is 0.878 bits per heavy atom. The van der Waals surface area contributed by atoms with Gasteiger partial charge in [0.15, 0.2) is 15.6 Å². The molecule has 0 aromatic heterocycles. The molecule has 0 bridgehead atoms. The van der Waals surface area contributed by atoms with E-state index in [1.807, 2.05) is 4.72 Å². The third-order valence-electron chi connectivity index (χ3n) is 10.2. The lowest BCUT2D eigenvalue weighted by Crippen LogP contribution is -2.38. The second-order valence-corrected chi connectivity index (χ2v) is 19.4. The highest BCUT2D eigenvalue weighted by Gasteiger charge is 2.22. The van der Waals surface area contributed by atoms with E-state index < -0.39 is 49.2 Å². The lowest BCUT2D eigenvalue weighted by molar-refractivity contribution is -0.121. The molecule has 402 valence electrons. The van der Waals surface area contributed by atoms with Crippen LogP contribution in [0.3, 0.4) is 0 Å². The maximum atomic E-state index is 12.8. The van der Waals surface area contributed by atoms with Gasteiger partial charge in [0.25, 0.3) is 15.9 Å². The van der Waals surface area contributed by atoms with Crippen LogP contribution in [0.4, 0.5) is 4.79 Å². The molecule has 4 aromatic carbocycles. The number of ether oxygens (including phenoxy) is 8. The topological polar surface area (TPSA) is 293 Å². The van der Waals surface area contributed by atoms with Gasteiger partial charge in [0.2, 0.25) is 5.91 Å². The summed E-state index contributed by atoms with van der Waals surface area (Å²) in [6.07, 6.45) is 2.20. The third kappa shape index (κ3) is 22.0. The smallest absolute Gasteiger partial charge is 0.337 e. The number of ketones is 1. The average Bonchev–Trinajstić information content (AvgIpc) is 3.40. The predicted molar refractivity (Wildman–Crippen MR) is 267 cm³/mol. The fourth-order valence-corrected chi connectivity index (χ4v) is 8.51. The maximum Gasteiger partial charge on any atom is 0.337 e. The molecule has 0 atom stereocenters. The molecule has 0 spiro atoms. The van der Waals surface area contributed by atoms with Crippen LogP contribution < -0.4 is 30.1 Å². The minimum Gasteiger partial charge on any atom is -0.491 e. The summed E-state index contributed by atoms with van der Waals surface area (Å²) in [7, 11) is -5.64. The van der Waals surface area contributed by atoms with Gasteiger partial charge in [-0.05, 0) is 104 Å². The molecular weight excluding hydrogens is 1010 g/mol. The standard InChI is InChI=1S/C50H62N4O18S2/c1-65-48(58)39-11-7-37(8-12-39)45(55)36-73(61,62)43-19-15-41(16-20-43)71-34-32-69-30-28-67-26-5-6-46(56)51-23-3-4-24-52-50(60)53-25-27-68-29-31-70-33-35-72-42-17-21-44(22-18-42)74(63,64)54-47(57)38-9-13-40(14-10-38)49(59)66-2/h7-22H,3-6,23-36H2,1-2H3,(H,51,56)(H,54,57)(H2,52,53,60). The number of carbonyl (C=O) groups is 6. The Balaban J connectivity index is 0.889. The van der Waals surface area contributed by atoms with E-state index in [1.165, 1.54) is 111 Å². The first-order chi connectivity index (χ1) is 35.6. The second kappa shape index (κ2) is 32.3. The van der Waals surface area contributed by atoms with Gasteiger partial charge in [-0.2, -0.15) is 0 Å². The number of hydrogen-bond acceptors (Lipinski definition) is 18. The summed E-state index contributed by atoms with van der Waals surface area (Å²) in [5, 5.41) is 8.30. The molecule has 0 fully saturated rings. The monoisotopic (exact) mass is 1070 g/mol. The Morgan fingerprint density at radius 3 is 1.41 bits per heavy atom. The van der Waals surface area contributed by atoms with Crippen LogP contribution in [0.2, 0.25) is 0 Å². The summed E-state index contributed by atoms with van der Waals surface area (Å²) in [6.45, 7) is 3.98. The highest BCUT2D eigenvalue weighted by atomic mass is 32.2. The lowest BCUT2D eigenvalue weighted by Gasteiger charge is -2.10. The largest absolute Gasteiger partial charge is 0.491 e. The molecule has 0 aliphatic heterocycles. The van der Waals surface area contributed by atoms with Gasteiger partial charge in [0.05, 0.1) is 81.4 Å². The van der Waals surface area contributed by atoms with Crippen molar-refractivity contribution in [2.45, 2.75) is 35.5 Å². The summed E-state index contributed by atoms with van der Waals surface area (Å²) in [5.74, 6) is -2.64. The SMILES string of the molecule is COC(=O)c1ccc(C(=O)CS(=O)(=O)c2ccc(OCCOCCOCCCC(=O)NCCCCNC(=O)NCCOCCOCCOc3ccc(S(=O)(=O)NC(=O)c4ccc(C(=O)OC)cc4)cc3)cc2)cc1. The van der Waals surface area contributed by atoms with Crippen molar-refractivity contribution < 1.29 is 83.5 Å². The summed E-state index contributed by atoms with van der Waals surface area (Å²) < 4.78 is 95.4. The van der Waals surface area contributed by atoms with Crippen LogP contribution in [0.15, 0.2) is 107 Å². The molecule has 0 aliphatic rings. The first-order valence-corrected chi connectivity index (χ1v) is 26.5. The highest BCUT2D eigenvalue weighted by molar-refractivity contribution is 7.92. The molecule has 4 rings (SSSR count). The van der Waals surface area contributed by atoms with Crippen LogP contribution >= 0.6 is 0 Å². The Kier molecular flexibility index (Phi) is 26.0. The molecule has 0 unspecified atom stereocenters. The van der Waals surface area contributed by atoms with Gasteiger partial charge < -0.3 is 53.8 Å². The number of benzene rings is 4. The van der Waals surface area contributed by atoms with Gasteiger partial charge in [-0.1, -0.05) is 12.1 Å². The van der Waals surface area contributed by atoms with Crippen molar-refractivity contribution in [3.8, 4) is 11.5 Å². The molecule has 0 radical (unpaired) electrons. The molecule has 0 aliphatic carbocycles.